The molecule has 2 aromatic carbocycles. The van der Waals surface area contributed by atoms with Gasteiger partial charge in [0.1, 0.15) is 0 Å². The molecule has 1 N–H and O–H groups in total. The summed E-state index contributed by atoms with van der Waals surface area (Å²) in [6.45, 7) is 0.236. The Kier molecular flexibility index (Phi) is 3.60. The van der Waals surface area contributed by atoms with Gasteiger partial charge in [-0.3, -0.25) is 9.78 Å². The van der Waals surface area contributed by atoms with E-state index in [4.69, 9.17) is 9.47 Å². The molecular weight excluding hydrogens is 340 g/mol. The molecule has 1 aromatic heterocycles. The highest BCUT2D eigenvalue weighted by molar-refractivity contribution is 6.01. The third-order valence-corrected chi connectivity index (χ3v) is 5.24. The van der Waals surface area contributed by atoms with Crippen LogP contribution in [0.1, 0.15) is 18.4 Å². The molecule has 1 aliphatic heterocycles. The summed E-state index contributed by atoms with van der Waals surface area (Å²) in [5, 5.41) is 3.09. The highest BCUT2D eigenvalue weighted by Gasteiger charge is 2.51. The number of rotatable bonds is 4. The molecule has 0 unspecified atom stereocenters. The standard InChI is InChI=1S/C22H18N2O3/c25-21(22(8-9-22)17-4-5-19-20(13-17)27-14-26-19)24-18-3-1-2-16(12-18)15-6-10-23-11-7-15/h1-7,10-13H,8-9,14H2,(H,24,25). The minimum Gasteiger partial charge on any atom is -0.454 e. The fraction of sp³-hybridized carbons (Fsp3) is 0.182. The normalized spacial score (nSPS) is 16.0. The van der Waals surface area contributed by atoms with Gasteiger partial charge in [0.05, 0.1) is 5.41 Å². The van der Waals surface area contributed by atoms with Gasteiger partial charge in [-0.05, 0) is 65.9 Å². The minimum atomic E-state index is -0.479. The molecule has 1 saturated carbocycles. The molecule has 27 heavy (non-hydrogen) atoms. The molecule has 5 nitrogen and oxygen atoms in total. The molecule has 1 fully saturated rings. The largest absolute Gasteiger partial charge is 0.454 e. The van der Waals surface area contributed by atoms with Gasteiger partial charge < -0.3 is 14.8 Å². The van der Waals surface area contributed by atoms with Gasteiger partial charge >= 0.3 is 0 Å². The quantitative estimate of drug-likeness (QED) is 0.761. The minimum absolute atomic E-state index is 0.0215. The number of ether oxygens (including phenoxy) is 2. The number of hydrogen-bond donors (Lipinski definition) is 1. The fourth-order valence-electron chi connectivity index (χ4n) is 3.54. The Labute approximate surface area is 157 Å². The Balaban J connectivity index is 1.39. The first kappa shape index (κ1) is 15.9. The van der Waals surface area contributed by atoms with Crippen molar-refractivity contribution in [3.63, 3.8) is 0 Å². The second kappa shape index (κ2) is 6.13. The Bertz CT molecular complexity index is 1010. The lowest BCUT2D eigenvalue weighted by Crippen LogP contribution is -2.27. The number of anilines is 1. The van der Waals surface area contributed by atoms with Crippen molar-refractivity contribution in [2.75, 3.05) is 12.1 Å². The lowest BCUT2D eigenvalue weighted by Gasteiger charge is -2.17. The van der Waals surface area contributed by atoms with E-state index in [1.165, 1.54) is 0 Å². The first-order valence-electron chi connectivity index (χ1n) is 8.97. The maximum atomic E-state index is 13.1. The summed E-state index contributed by atoms with van der Waals surface area (Å²) in [7, 11) is 0. The molecule has 5 heteroatoms. The van der Waals surface area contributed by atoms with Crippen LogP contribution < -0.4 is 14.8 Å². The van der Waals surface area contributed by atoms with Crippen LogP contribution in [0.4, 0.5) is 5.69 Å². The molecule has 2 aliphatic rings. The van der Waals surface area contributed by atoms with Gasteiger partial charge in [0.2, 0.25) is 12.7 Å². The van der Waals surface area contributed by atoms with Crippen LogP contribution in [0.15, 0.2) is 67.0 Å². The maximum absolute atomic E-state index is 13.1. The SMILES string of the molecule is O=C(Nc1cccc(-c2ccncc2)c1)C1(c2ccc3c(c2)OCO3)CC1. The van der Waals surface area contributed by atoms with Crippen LogP contribution in [0, 0.1) is 0 Å². The van der Waals surface area contributed by atoms with Crippen LogP contribution in [0.5, 0.6) is 11.5 Å². The van der Waals surface area contributed by atoms with E-state index in [2.05, 4.69) is 10.3 Å². The highest BCUT2D eigenvalue weighted by atomic mass is 16.7. The number of amides is 1. The number of benzene rings is 2. The summed E-state index contributed by atoms with van der Waals surface area (Å²) in [5.74, 6) is 1.47. The molecule has 134 valence electrons. The average Bonchev–Trinajstić information content (AvgIpc) is 3.40. The summed E-state index contributed by atoms with van der Waals surface area (Å²) in [4.78, 5) is 17.1. The Morgan fingerprint density at radius 1 is 0.926 bits per heavy atom. The van der Waals surface area contributed by atoms with Crippen molar-refractivity contribution in [3.05, 3.63) is 72.6 Å². The van der Waals surface area contributed by atoms with Crippen molar-refractivity contribution >= 4 is 11.6 Å². The van der Waals surface area contributed by atoms with Crippen molar-refractivity contribution in [1.29, 1.82) is 0 Å². The van der Waals surface area contributed by atoms with Gasteiger partial charge in [0.15, 0.2) is 11.5 Å². The number of carbonyl (C=O) groups is 1. The second-order valence-corrected chi connectivity index (χ2v) is 6.92. The number of nitrogens with zero attached hydrogens (tertiary/aromatic N) is 1. The number of fused-ring (bicyclic) bond motifs is 1. The molecule has 1 aliphatic carbocycles. The number of aromatic nitrogens is 1. The van der Waals surface area contributed by atoms with E-state index < -0.39 is 5.41 Å². The van der Waals surface area contributed by atoms with Crippen LogP contribution in [-0.2, 0) is 10.2 Å². The lowest BCUT2D eigenvalue weighted by atomic mass is 9.94. The maximum Gasteiger partial charge on any atom is 0.235 e. The summed E-state index contributed by atoms with van der Waals surface area (Å²) >= 11 is 0. The Morgan fingerprint density at radius 2 is 1.74 bits per heavy atom. The summed E-state index contributed by atoms with van der Waals surface area (Å²) in [6, 6.07) is 17.6. The van der Waals surface area contributed by atoms with Gasteiger partial charge in [-0.15, -0.1) is 0 Å². The van der Waals surface area contributed by atoms with E-state index in [1.54, 1.807) is 12.4 Å². The van der Waals surface area contributed by atoms with E-state index in [9.17, 15) is 4.79 Å². The van der Waals surface area contributed by atoms with Gasteiger partial charge in [-0.25, -0.2) is 0 Å². The number of nitrogens with one attached hydrogen (secondary N) is 1. The Morgan fingerprint density at radius 3 is 2.56 bits per heavy atom. The lowest BCUT2D eigenvalue weighted by molar-refractivity contribution is -0.118. The number of pyridine rings is 1. The molecular formula is C22H18N2O3. The predicted molar refractivity (Wildman–Crippen MR) is 102 cm³/mol. The van der Waals surface area contributed by atoms with Gasteiger partial charge in [0.25, 0.3) is 0 Å². The molecule has 2 heterocycles. The highest BCUT2D eigenvalue weighted by Crippen LogP contribution is 2.51. The van der Waals surface area contributed by atoms with Gasteiger partial charge in [0, 0.05) is 18.1 Å². The van der Waals surface area contributed by atoms with Crippen LogP contribution in [0.2, 0.25) is 0 Å². The van der Waals surface area contributed by atoms with Crippen LogP contribution in [-0.4, -0.2) is 17.7 Å². The molecule has 0 spiro atoms. The Hall–Kier alpha value is -3.34. The fourth-order valence-corrected chi connectivity index (χ4v) is 3.54. The molecule has 1 amide bonds. The summed E-state index contributed by atoms with van der Waals surface area (Å²) < 4.78 is 10.8. The van der Waals surface area contributed by atoms with Crippen molar-refractivity contribution in [3.8, 4) is 22.6 Å². The molecule has 3 aromatic rings. The summed E-state index contributed by atoms with van der Waals surface area (Å²) in [5.41, 5.74) is 3.41. The number of carbonyl (C=O) groups excluding carboxylic acids is 1. The summed E-state index contributed by atoms with van der Waals surface area (Å²) in [6.07, 6.45) is 5.20. The molecule has 0 atom stereocenters. The number of hydrogen-bond acceptors (Lipinski definition) is 4. The van der Waals surface area contributed by atoms with E-state index in [1.807, 2.05) is 54.6 Å². The van der Waals surface area contributed by atoms with Crippen molar-refractivity contribution < 1.29 is 14.3 Å². The van der Waals surface area contributed by atoms with Crippen LogP contribution in [0.3, 0.4) is 0 Å². The van der Waals surface area contributed by atoms with E-state index in [0.29, 0.717) is 5.75 Å². The van der Waals surface area contributed by atoms with Gasteiger partial charge in [-0.1, -0.05) is 18.2 Å². The zero-order chi connectivity index (χ0) is 18.3. The topological polar surface area (TPSA) is 60.5 Å². The molecule has 5 rings (SSSR count). The van der Waals surface area contributed by atoms with E-state index >= 15 is 0 Å². The van der Waals surface area contributed by atoms with Crippen LogP contribution in [0.25, 0.3) is 11.1 Å². The molecule has 0 bridgehead atoms. The van der Waals surface area contributed by atoms with E-state index in [-0.39, 0.29) is 12.7 Å². The third-order valence-electron chi connectivity index (χ3n) is 5.24. The third kappa shape index (κ3) is 2.81. The molecule has 0 radical (unpaired) electrons. The van der Waals surface area contributed by atoms with Crippen molar-refractivity contribution in [2.24, 2.45) is 0 Å². The van der Waals surface area contributed by atoms with Crippen molar-refractivity contribution in [1.82, 2.24) is 4.98 Å². The van der Waals surface area contributed by atoms with Crippen molar-refractivity contribution in [2.45, 2.75) is 18.3 Å². The molecule has 0 saturated heterocycles. The first-order chi connectivity index (χ1) is 13.2. The predicted octanol–water partition coefficient (Wildman–Crippen LogP) is 4.15. The van der Waals surface area contributed by atoms with Crippen LogP contribution >= 0.6 is 0 Å². The second-order valence-electron chi connectivity index (χ2n) is 6.92. The zero-order valence-electron chi connectivity index (χ0n) is 14.6. The zero-order valence-corrected chi connectivity index (χ0v) is 14.6. The smallest absolute Gasteiger partial charge is 0.235 e. The monoisotopic (exact) mass is 358 g/mol. The first-order valence-corrected chi connectivity index (χ1v) is 8.97. The average molecular weight is 358 g/mol. The van der Waals surface area contributed by atoms with E-state index in [0.717, 1.165) is 41.0 Å². The van der Waals surface area contributed by atoms with Gasteiger partial charge in [-0.2, -0.15) is 0 Å².